The van der Waals surface area contributed by atoms with E-state index in [1.807, 2.05) is 66.4 Å². The van der Waals surface area contributed by atoms with Crippen LogP contribution in [0.1, 0.15) is 70.5 Å². The number of hydrogen-bond donors (Lipinski definition) is 1. The van der Waals surface area contributed by atoms with Crippen molar-refractivity contribution in [2.45, 2.75) is 70.5 Å². The summed E-state index contributed by atoms with van der Waals surface area (Å²) in [5, 5.41) is 14.2. The lowest BCUT2D eigenvalue weighted by atomic mass is 9.68. The monoisotopic (exact) mass is 673 g/mol. The molecule has 1 aliphatic heterocycles. The van der Waals surface area contributed by atoms with E-state index in [-0.39, 0.29) is 35.6 Å². The number of aliphatic hydroxyl groups excluding tert-OH is 1. The molecule has 0 aliphatic carbocycles. The Hall–Kier alpha value is -2.93. The van der Waals surface area contributed by atoms with Crippen LogP contribution >= 0.6 is 23.2 Å². The molecule has 1 amide bonds. The van der Waals surface area contributed by atoms with E-state index in [1.165, 1.54) is 10.4 Å². The van der Waals surface area contributed by atoms with Crippen LogP contribution in [0.2, 0.25) is 15.1 Å². The molecule has 1 heterocycles. The largest absolute Gasteiger partial charge is 0.405 e. The predicted molar refractivity (Wildman–Crippen MR) is 193 cm³/mol. The van der Waals surface area contributed by atoms with Crippen molar-refractivity contribution in [1.29, 1.82) is 0 Å². The molecule has 0 saturated carbocycles. The summed E-state index contributed by atoms with van der Waals surface area (Å²) in [5.74, 6) is -0.178. The van der Waals surface area contributed by atoms with Crippen LogP contribution in [0.4, 0.5) is 0 Å². The first-order valence-electron chi connectivity index (χ1n) is 16.1. The van der Waals surface area contributed by atoms with Gasteiger partial charge in [0, 0.05) is 16.0 Å². The van der Waals surface area contributed by atoms with Gasteiger partial charge in [0.2, 0.25) is 5.91 Å². The number of hydrogen-bond acceptors (Lipinski definition) is 3. The highest BCUT2D eigenvalue weighted by molar-refractivity contribution is 6.99. The summed E-state index contributed by atoms with van der Waals surface area (Å²) in [6.45, 7) is 10.9. The third kappa shape index (κ3) is 6.58. The molecular weight excluding hydrogens is 629 g/mol. The first-order valence-corrected chi connectivity index (χ1v) is 18.8. The van der Waals surface area contributed by atoms with E-state index >= 15 is 0 Å². The molecule has 1 saturated heterocycles. The van der Waals surface area contributed by atoms with Crippen molar-refractivity contribution < 1.29 is 14.3 Å². The molecule has 4 atom stereocenters. The van der Waals surface area contributed by atoms with Gasteiger partial charge in [0.15, 0.2) is 0 Å². The molecule has 4 nitrogen and oxygen atoms in total. The Morgan fingerprint density at radius 2 is 1.46 bits per heavy atom. The minimum absolute atomic E-state index is 0.0638. The van der Waals surface area contributed by atoms with Gasteiger partial charge in [-0.2, -0.15) is 0 Å². The predicted octanol–water partition coefficient (Wildman–Crippen LogP) is 8.40. The minimum Gasteiger partial charge on any atom is -0.405 e. The number of nitrogens with zero attached hydrogens (tertiary/aromatic N) is 1. The minimum atomic E-state index is -2.88. The third-order valence-corrected chi connectivity index (χ3v) is 15.2. The van der Waals surface area contributed by atoms with Crippen LogP contribution in [-0.4, -0.2) is 43.5 Å². The summed E-state index contributed by atoms with van der Waals surface area (Å²) in [7, 11) is -2.88. The zero-order chi connectivity index (χ0) is 33.1. The molecular formula is C39H45Cl2NO3Si. The second-order valence-electron chi connectivity index (χ2n) is 13.8. The van der Waals surface area contributed by atoms with Crippen molar-refractivity contribution >= 4 is 47.8 Å². The summed E-state index contributed by atoms with van der Waals surface area (Å²) >= 11 is 12.9. The Bertz CT molecular complexity index is 1570. The molecule has 2 unspecified atom stereocenters. The van der Waals surface area contributed by atoms with Gasteiger partial charge in [-0.3, -0.25) is 4.79 Å². The van der Waals surface area contributed by atoms with Gasteiger partial charge in [-0.05, 0) is 70.6 Å². The number of aliphatic hydroxyl groups is 1. The summed E-state index contributed by atoms with van der Waals surface area (Å²) in [4.78, 5) is 16.7. The van der Waals surface area contributed by atoms with Gasteiger partial charge in [-0.1, -0.05) is 136 Å². The van der Waals surface area contributed by atoms with E-state index in [4.69, 9.17) is 27.6 Å². The average Bonchev–Trinajstić information content (AvgIpc) is 3.05. The van der Waals surface area contributed by atoms with Gasteiger partial charge >= 0.3 is 0 Å². The highest BCUT2D eigenvalue weighted by Gasteiger charge is 2.54. The zero-order valence-corrected chi connectivity index (χ0v) is 29.9. The molecule has 1 aliphatic rings. The van der Waals surface area contributed by atoms with Crippen LogP contribution in [0, 0.1) is 5.41 Å². The number of piperidine rings is 1. The van der Waals surface area contributed by atoms with Gasteiger partial charge < -0.3 is 14.4 Å². The average molecular weight is 675 g/mol. The van der Waals surface area contributed by atoms with Gasteiger partial charge in [0.05, 0.1) is 30.7 Å². The van der Waals surface area contributed by atoms with Crippen LogP contribution in [0.5, 0.6) is 0 Å². The standard InChI is InChI=1S/C39H45Cl2NO3Si/c1-6-32(26-45-46(38(2,3)4,33-16-9-7-10-17-33)34-18-11-8-12-19-34)42-36(28-20-22-30(40)23-21-28)35(25-39(5,27-43)37(42)44)29-14-13-15-31(41)24-29/h7-24,32,35-36,43H,6,25-27H2,1-5H3/t32?,35?,36-,39-/m1/s1. The number of halogens is 2. The molecule has 4 aromatic rings. The second kappa shape index (κ2) is 14.0. The maximum atomic E-state index is 14.7. The second-order valence-corrected chi connectivity index (χ2v) is 19.0. The van der Waals surface area contributed by atoms with Crippen LogP contribution in [-0.2, 0) is 9.22 Å². The van der Waals surface area contributed by atoms with Gasteiger partial charge in [-0.15, -0.1) is 0 Å². The van der Waals surface area contributed by atoms with Crippen LogP contribution in [0.25, 0.3) is 0 Å². The maximum Gasteiger partial charge on any atom is 0.261 e. The topological polar surface area (TPSA) is 49.8 Å². The summed E-state index contributed by atoms with van der Waals surface area (Å²) in [5.41, 5.74) is 1.06. The van der Waals surface area contributed by atoms with E-state index in [9.17, 15) is 9.90 Å². The van der Waals surface area contributed by atoms with Crippen molar-refractivity contribution in [2.24, 2.45) is 5.41 Å². The van der Waals surface area contributed by atoms with Crippen LogP contribution in [0.15, 0.2) is 109 Å². The van der Waals surface area contributed by atoms with Gasteiger partial charge in [0.1, 0.15) is 0 Å². The Balaban J connectivity index is 1.65. The van der Waals surface area contributed by atoms with Crippen molar-refractivity contribution in [3.63, 3.8) is 0 Å². The Morgan fingerprint density at radius 3 is 1.96 bits per heavy atom. The molecule has 0 radical (unpaired) electrons. The number of amides is 1. The first kappa shape index (κ1) is 34.4. The third-order valence-electron chi connectivity index (χ3n) is 9.71. The highest BCUT2D eigenvalue weighted by atomic mass is 35.5. The molecule has 0 spiro atoms. The molecule has 4 aromatic carbocycles. The lowest BCUT2D eigenvalue weighted by Gasteiger charge is -2.52. The maximum absolute atomic E-state index is 14.7. The molecule has 0 bridgehead atoms. The van der Waals surface area contributed by atoms with Crippen LogP contribution in [0.3, 0.4) is 0 Å². The number of likely N-dealkylation sites (tertiary alicyclic amines) is 1. The summed E-state index contributed by atoms with van der Waals surface area (Å²) in [6, 6.07) is 36.3. The fourth-order valence-electron chi connectivity index (χ4n) is 7.31. The Morgan fingerprint density at radius 1 is 0.870 bits per heavy atom. The van der Waals surface area contributed by atoms with E-state index in [2.05, 4.69) is 82.3 Å². The number of carbonyl (C=O) groups excluding carboxylic acids is 1. The normalized spacial score (nSPS) is 21.3. The fourth-order valence-corrected chi connectivity index (χ4v) is 12.2. The van der Waals surface area contributed by atoms with Crippen molar-refractivity contribution in [2.75, 3.05) is 13.2 Å². The number of benzene rings is 4. The van der Waals surface area contributed by atoms with E-state index in [0.717, 1.165) is 11.1 Å². The molecule has 242 valence electrons. The zero-order valence-electron chi connectivity index (χ0n) is 27.4. The van der Waals surface area contributed by atoms with E-state index < -0.39 is 13.7 Å². The lowest BCUT2D eigenvalue weighted by Crippen LogP contribution is -2.68. The molecule has 5 rings (SSSR count). The van der Waals surface area contributed by atoms with E-state index in [0.29, 0.717) is 29.5 Å². The smallest absolute Gasteiger partial charge is 0.261 e. The first-order chi connectivity index (χ1) is 21.9. The van der Waals surface area contributed by atoms with Crippen molar-refractivity contribution in [3.05, 3.63) is 130 Å². The lowest BCUT2D eigenvalue weighted by molar-refractivity contribution is -0.158. The quantitative estimate of drug-likeness (QED) is 0.172. The summed E-state index contributed by atoms with van der Waals surface area (Å²) in [6.07, 6.45) is 1.16. The molecule has 46 heavy (non-hydrogen) atoms. The molecule has 1 N–H and O–H groups in total. The Kier molecular flexibility index (Phi) is 10.5. The van der Waals surface area contributed by atoms with Gasteiger partial charge in [0.25, 0.3) is 8.32 Å². The fraction of sp³-hybridized carbons (Fsp3) is 0.359. The number of carbonyl (C=O) groups is 1. The van der Waals surface area contributed by atoms with Crippen molar-refractivity contribution in [1.82, 2.24) is 4.90 Å². The van der Waals surface area contributed by atoms with Gasteiger partial charge in [-0.25, -0.2) is 0 Å². The SMILES string of the molecule is CCC(CO[Si](c1ccccc1)(c1ccccc1)C(C)(C)C)N1C(=O)[C@@](C)(CO)CC(c2cccc(Cl)c2)[C@H]1c1ccc(Cl)cc1. The summed E-state index contributed by atoms with van der Waals surface area (Å²) < 4.78 is 7.43. The molecule has 7 heteroatoms. The van der Waals surface area contributed by atoms with E-state index in [1.54, 1.807) is 0 Å². The highest BCUT2D eigenvalue weighted by Crippen LogP contribution is 2.51. The Labute approximate surface area is 285 Å². The number of rotatable bonds is 10. The molecule has 0 aromatic heterocycles. The molecule has 1 fully saturated rings. The van der Waals surface area contributed by atoms with Crippen molar-refractivity contribution in [3.8, 4) is 0 Å². The van der Waals surface area contributed by atoms with Crippen LogP contribution < -0.4 is 10.4 Å².